The van der Waals surface area contributed by atoms with Crippen molar-refractivity contribution in [2.45, 2.75) is 6.42 Å². The highest BCUT2D eigenvalue weighted by molar-refractivity contribution is 7.80. The zero-order chi connectivity index (χ0) is 8.43. The van der Waals surface area contributed by atoms with Crippen molar-refractivity contribution in [3.63, 3.8) is 0 Å². The van der Waals surface area contributed by atoms with E-state index < -0.39 is 0 Å². The summed E-state index contributed by atoms with van der Waals surface area (Å²) in [6, 6.07) is 1.93. The molecule has 0 aromatic heterocycles. The lowest BCUT2D eigenvalue weighted by molar-refractivity contribution is 1.18. The van der Waals surface area contributed by atoms with E-state index in [1.165, 1.54) is 0 Å². The van der Waals surface area contributed by atoms with E-state index in [1.807, 2.05) is 6.07 Å². The van der Waals surface area contributed by atoms with Gasteiger partial charge in [0.05, 0.1) is 17.0 Å². The number of hydrogen-bond acceptors (Lipinski definition) is 4. The van der Waals surface area contributed by atoms with E-state index in [0.717, 1.165) is 0 Å². The first kappa shape index (κ1) is 7.76. The van der Waals surface area contributed by atoms with Crippen LogP contribution in [0.2, 0.25) is 0 Å². The van der Waals surface area contributed by atoms with Gasteiger partial charge in [0.1, 0.15) is 6.07 Å². The van der Waals surface area contributed by atoms with Gasteiger partial charge in [-0.2, -0.15) is 5.26 Å². The predicted octanol–water partition coefficient (Wildman–Crippen LogP) is 0.339. The Morgan fingerprint density at radius 2 is 2.18 bits per heavy atom. The SMILES string of the molecule is N#CC1=C(N)C(N)=CCC1=S. The fourth-order valence-corrected chi connectivity index (χ4v) is 1.07. The summed E-state index contributed by atoms with van der Waals surface area (Å²) in [5.74, 6) is 0. The number of nitrogens with zero attached hydrogens (tertiary/aromatic N) is 1. The molecule has 4 heteroatoms. The number of nitriles is 1. The minimum atomic E-state index is 0.309. The van der Waals surface area contributed by atoms with Gasteiger partial charge >= 0.3 is 0 Å². The Morgan fingerprint density at radius 1 is 1.55 bits per heavy atom. The number of rotatable bonds is 0. The summed E-state index contributed by atoms with van der Waals surface area (Å²) in [4.78, 5) is 0.569. The van der Waals surface area contributed by atoms with Crippen LogP contribution in [0.3, 0.4) is 0 Å². The first-order chi connectivity index (χ1) is 5.16. The molecule has 0 bridgehead atoms. The quantitative estimate of drug-likeness (QED) is 0.507. The summed E-state index contributed by atoms with van der Waals surface area (Å²) in [5, 5.41) is 8.59. The Bertz CT molecular complexity index is 306. The molecule has 0 atom stereocenters. The van der Waals surface area contributed by atoms with Crippen LogP contribution in [-0.4, -0.2) is 4.86 Å². The Labute approximate surface area is 70.0 Å². The van der Waals surface area contributed by atoms with E-state index in [9.17, 15) is 0 Å². The monoisotopic (exact) mass is 165 g/mol. The highest BCUT2D eigenvalue weighted by atomic mass is 32.1. The van der Waals surface area contributed by atoms with Crippen molar-refractivity contribution in [2.75, 3.05) is 0 Å². The lowest BCUT2D eigenvalue weighted by Gasteiger charge is -2.11. The molecule has 0 saturated carbocycles. The summed E-state index contributed by atoms with van der Waals surface area (Å²) < 4.78 is 0. The third-order valence-corrected chi connectivity index (χ3v) is 1.85. The summed E-state index contributed by atoms with van der Waals surface area (Å²) in [5.41, 5.74) is 12.1. The van der Waals surface area contributed by atoms with E-state index in [0.29, 0.717) is 28.3 Å². The van der Waals surface area contributed by atoms with E-state index in [-0.39, 0.29) is 0 Å². The predicted molar refractivity (Wildman–Crippen MR) is 46.3 cm³/mol. The molecular weight excluding hydrogens is 158 g/mol. The minimum absolute atomic E-state index is 0.309. The third kappa shape index (κ3) is 1.23. The van der Waals surface area contributed by atoms with Crippen LogP contribution in [0.25, 0.3) is 0 Å². The smallest absolute Gasteiger partial charge is 0.103 e. The molecule has 0 amide bonds. The summed E-state index contributed by atoms with van der Waals surface area (Å²) in [7, 11) is 0. The fourth-order valence-electron chi connectivity index (χ4n) is 0.832. The van der Waals surface area contributed by atoms with E-state index in [1.54, 1.807) is 6.08 Å². The Balaban J connectivity index is 3.18. The molecule has 3 nitrogen and oxygen atoms in total. The van der Waals surface area contributed by atoms with Crippen LogP contribution in [0.5, 0.6) is 0 Å². The fraction of sp³-hybridized carbons (Fsp3) is 0.143. The van der Waals surface area contributed by atoms with Crippen LogP contribution in [0, 0.1) is 11.3 Å². The van der Waals surface area contributed by atoms with Crippen molar-refractivity contribution in [1.29, 1.82) is 5.26 Å². The summed E-state index contributed by atoms with van der Waals surface area (Å²) in [6.45, 7) is 0. The number of nitrogens with two attached hydrogens (primary N) is 2. The van der Waals surface area contributed by atoms with Crippen LogP contribution in [-0.2, 0) is 0 Å². The van der Waals surface area contributed by atoms with E-state index >= 15 is 0 Å². The van der Waals surface area contributed by atoms with Gasteiger partial charge in [-0.15, -0.1) is 0 Å². The van der Waals surface area contributed by atoms with Gasteiger partial charge in [-0.25, -0.2) is 0 Å². The summed E-state index contributed by atoms with van der Waals surface area (Å²) >= 11 is 4.90. The van der Waals surface area contributed by atoms with Gasteiger partial charge < -0.3 is 11.5 Å². The maximum atomic E-state index is 8.59. The largest absolute Gasteiger partial charge is 0.397 e. The first-order valence-corrected chi connectivity index (χ1v) is 3.46. The lowest BCUT2D eigenvalue weighted by Crippen LogP contribution is -2.19. The minimum Gasteiger partial charge on any atom is -0.397 e. The standard InChI is InChI=1S/C7H7N3S/c8-3-4-6(11)2-1-5(9)7(4)10/h1H,2,9-10H2. The molecule has 56 valence electrons. The number of hydrogen-bond donors (Lipinski definition) is 2. The first-order valence-electron chi connectivity index (χ1n) is 3.06. The Hall–Kier alpha value is -1.34. The van der Waals surface area contributed by atoms with Gasteiger partial charge in [0, 0.05) is 11.3 Å². The molecule has 4 N–H and O–H groups in total. The van der Waals surface area contributed by atoms with E-state index in [2.05, 4.69) is 0 Å². The van der Waals surface area contributed by atoms with Gasteiger partial charge in [0.15, 0.2) is 0 Å². The van der Waals surface area contributed by atoms with Gasteiger partial charge in [-0.3, -0.25) is 0 Å². The second kappa shape index (κ2) is 2.72. The highest BCUT2D eigenvalue weighted by Gasteiger charge is 2.14. The van der Waals surface area contributed by atoms with Crippen LogP contribution >= 0.6 is 12.2 Å². The molecule has 1 rings (SSSR count). The van der Waals surface area contributed by atoms with E-state index in [4.69, 9.17) is 28.9 Å². The zero-order valence-corrected chi connectivity index (χ0v) is 6.61. The van der Waals surface area contributed by atoms with Crippen LogP contribution in [0.1, 0.15) is 6.42 Å². The second-order valence-corrected chi connectivity index (χ2v) is 2.68. The van der Waals surface area contributed by atoms with Gasteiger partial charge in [0.2, 0.25) is 0 Å². The number of thiocarbonyl (C=S) groups is 1. The maximum Gasteiger partial charge on any atom is 0.103 e. The maximum absolute atomic E-state index is 8.59. The van der Waals surface area contributed by atoms with Crippen molar-refractivity contribution >= 4 is 17.1 Å². The van der Waals surface area contributed by atoms with Crippen LogP contribution < -0.4 is 11.5 Å². The van der Waals surface area contributed by atoms with Crippen molar-refractivity contribution < 1.29 is 0 Å². The van der Waals surface area contributed by atoms with Crippen molar-refractivity contribution in [1.82, 2.24) is 0 Å². The van der Waals surface area contributed by atoms with Crippen molar-refractivity contribution in [3.8, 4) is 6.07 Å². The molecule has 0 aliphatic heterocycles. The lowest BCUT2D eigenvalue weighted by atomic mass is 10.0. The molecule has 0 saturated heterocycles. The molecule has 0 aromatic rings. The van der Waals surface area contributed by atoms with Gasteiger partial charge in [0.25, 0.3) is 0 Å². The second-order valence-electron chi connectivity index (χ2n) is 2.19. The normalized spacial score (nSPS) is 17.7. The van der Waals surface area contributed by atoms with Crippen molar-refractivity contribution in [2.24, 2.45) is 11.5 Å². The number of allylic oxidation sites excluding steroid dienone is 2. The molecule has 0 radical (unpaired) electrons. The Morgan fingerprint density at radius 3 is 2.64 bits per heavy atom. The molecule has 11 heavy (non-hydrogen) atoms. The molecule has 0 spiro atoms. The van der Waals surface area contributed by atoms with Gasteiger partial charge in [-0.1, -0.05) is 18.3 Å². The molecule has 1 aliphatic rings. The topological polar surface area (TPSA) is 75.8 Å². The van der Waals surface area contributed by atoms with Crippen LogP contribution in [0.15, 0.2) is 23.0 Å². The molecule has 0 aromatic carbocycles. The molecule has 1 aliphatic carbocycles. The molecule has 0 fully saturated rings. The summed E-state index contributed by atoms with van der Waals surface area (Å²) in [6.07, 6.45) is 2.27. The Kier molecular flexibility index (Phi) is 1.92. The molecular formula is C7H7N3S. The average molecular weight is 165 g/mol. The highest BCUT2D eigenvalue weighted by Crippen LogP contribution is 2.15. The average Bonchev–Trinajstić information content (AvgIpc) is 1.99. The van der Waals surface area contributed by atoms with Gasteiger partial charge in [-0.05, 0) is 0 Å². The third-order valence-electron chi connectivity index (χ3n) is 1.48. The van der Waals surface area contributed by atoms with Crippen LogP contribution in [0.4, 0.5) is 0 Å². The molecule has 0 unspecified atom stereocenters. The molecule has 0 heterocycles. The van der Waals surface area contributed by atoms with Crippen molar-refractivity contribution in [3.05, 3.63) is 23.0 Å². The zero-order valence-electron chi connectivity index (χ0n) is 5.79.